The van der Waals surface area contributed by atoms with Gasteiger partial charge in [-0.25, -0.2) is 0 Å². The monoisotopic (exact) mass is 612 g/mol. The lowest BCUT2D eigenvalue weighted by molar-refractivity contribution is -0.385. The molecule has 0 radical (unpaired) electrons. The average molecular weight is 613 g/mol. The topological polar surface area (TPSA) is 112 Å². The molecule has 1 N–H and O–H groups in total. The average Bonchev–Trinajstić information content (AvgIpc) is 2.91. The van der Waals surface area contributed by atoms with Crippen LogP contribution in [0.15, 0.2) is 35.1 Å². The van der Waals surface area contributed by atoms with Gasteiger partial charge in [0.05, 0.1) is 28.3 Å². The number of nitro groups is 1. The van der Waals surface area contributed by atoms with Crippen LogP contribution in [0.1, 0.15) is 45.0 Å². The van der Waals surface area contributed by atoms with Crippen molar-refractivity contribution in [3.63, 3.8) is 0 Å². The molecule has 2 aliphatic rings. The number of nitrogens with zero attached hydrogens (tertiary/aromatic N) is 5. The number of pyridine rings is 1. The zero-order chi connectivity index (χ0) is 28.3. The van der Waals surface area contributed by atoms with Gasteiger partial charge in [-0.1, -0.05) is 15.9 Å². The quantitative estimate of drug-likeness (QED) is 0.385. The Hall–Kier alpha value is -3.26. The molecule has 3 heterocycles. The summed E-state index contributed by atoms with van der Waals surface area (Å²) in [5, 5.41) is 15.0. The number of halogens is 4. The zero-order valence-corrected chi connectivity index (χ0v) is 22.8. The van der Waals surface area contributed by atoms with Gasteiger partial charge in [-0.05, 0) is 25.0 Å². The molecule has 1 aromatic heterocycles. The minimum atomic E-state index is -4.33. The highest BCUT2D eigenvalue weighted by atomic mass is 79.9. The van der Waals surface area contributed by atoms with Crippen LogP contribution in [0, 0.1) is 10.1 Å². The smallest absolute Gasteiger partial charge is 0.387 e. The number of nitro benzene ring substituents is 1. The fourth-order valence-corrected chi connectivity index (χ4v) is 5.61. The standard InChI is InChI=1S/C25H28BrF3N6O4/c1-30-19-9-17(12-31-13-19)23(36)34-4-2-3-16(14-34)22-20(10-18(26)11-21(22)35(38)39)24(37)33-7-5-32(6-8-33)15-25(27,28)29/h9-13,16,30H,2-8,14-15H2,1H3/t16-/m0/s1. The molecule has 14 heteroatoms. The summed E-state index contributed by atoms with van der Waals surface area (Å²) in [6, 6.07) is 4.54. The number of benzene rings is 1. The molecule has 0 spiro atoms. The van der Waals surface area contributed by atoms with Crippen LogP contribution in [0.3, 0.4) is 0 Å². The first-order valence-electron chi connectivity index (χ1n) is 12.4. The molecule has 10 nitrogen and oxygen atoms in total. The lowest BCUT2D eigenvalue weighted by Gasteiger charge is -2.36. The Kier molecular flexibility index (Phi) is 8.74. The molecular weight excluding hydrogens is 585 g/mol. The Bertz CT molecular complexity index is 1250. The third-order valence-corrected chi connectivity index (χ3v) is 7.46. The van der Waals surface area contributed by atoms with Crippen molar-refractivity contribution in [2.75, 3.05) is 58.2 Å². The van der Waals surface area contributed by atoms with E-state index >= 15 is 0 Å². The molecule has 4 rings (SSSR count). The fourth-order valence-electron chi connectivity index (χ4n) is 5.17. The van der Waals surface area contributed by atoms with E-state index < -0.39 is 29.5 Å². The normalized spacial score (nSPS) is 18.6. The van der Waals surface area contributed by atoms with Crippen molar-refractivity contribution in [1.82, 2.24) is 19.7 Å². The number of carbonyl (C=O) groups excluding carboxylic acids is 2. The van der Waals surface area contributed by atoms with Crippen molar-refractivity contribution in [2.24, 2.45) is 0 Å². The highest BCUT2D eigenvalue weighted by Crippen LogP contribution is 2.39. The van der Waals surface area contributed by atoms with Crippen LogP contribution >= 0.6 is 15.9 Å². The van der Waals surface area contributed by atoms with Crippen molar-refractivity contribution in [3.05, 3.63) is 61.9 Å². The Balaban J connectivity index is 1.61. The van der Waals surface area contributed by atoms with Crippen molar-refractivity contribution >= 4 is 39.1 Å². The van der Waals surface area contributed by atoms with Gasteiger partial charge >= 0.3 is 6.18 Å². The maximum absolute atomic E-state index is 13.6. The summed E-state index contributed by atoms with van der Waals surface area (Å²) in [4.78, 5) is 46.8. The molecule has 2 saturated heterocycles. The van der Waals surface area contributed by atoms with Gasteiger partial charge in [0.25, 0.3) is 17.5 Å². The van der Waals surface area contributed by atoms with Gasteiger partial charge in [-0.15, -0.1) is 0 Å². The molecule has 0 saturated carbocycles. The number of piperazine rings is 1. The second-order valence-electron chi connectivity index (χ2n) is 9.63. The number of likely N-dealkylation sites (tertiary alicyclic amines) is 1. The third-order valence-electron chi connectivity index (χ3n) is 7.00. The van der Waals surface area contributed by atoms with Crippen LogP contribution in [0.25, 0.3) is 0 Å². The molecule has 2 amide bonds. The van der Waals surface area contributed by atoms with Gasteiger partial charge in [0.2, 0.25) is 0 Å². The van der Waals surface area contributed by atoms with E-state index in [-0.39, 0.29) is 55.4 Å². The van der Waals surface area contributed by atoms with Gasteiger partial charge in [-0.2, -0.15) is 13.2 Å². The molecule has 0 bridgehead atoms. The summed E-state index contributed by atoms with van der Waals surface area (Å²) in [5.41, 5.74) is 1.17. The number of hydrogen-bond donors (Lipinski definition) is 1. The van der Waals surface area contributed by atoms with Gasteiger partial charge in [0.1, 0.15) is 0 Å². The van der Waals surface area contributed by atoms with Crippen LogP contribution in [-0.4, -0.2) is 95.5 Å². The van der Waals surface area contributed by atoms with Gasteiger partial charge < -0.3 is 15.1 Å². The lowest BCUT2D eigenvalue weighted by Crippen LogP contribution is -2.51. The largest absolute Gasteiger partial charge is 0.401 e. The predicted molar refractivity (Wildman–Crippen MR) is 141 cm³/mol. The predicted octanol–water partition coefficient (Wildman–Crippen LogP) is 4.13. The van der Waals surface area contributed by atoms with Crippen LogP contribution < -0.4 is 5.32 Å². The van der Waals surface area contributed by atoms with E-state index in [1.165, 1.54) is 28.1 Å². The Morgan fingerprint density at radius 3 is 2.46 bits per heavy atom. The molecule has 0 unspecified atom stereocenters. The molecular formula is C25H28BrF3N6O4. The van der Waals surface area contributed by atoms with Gasteiger partial charge in [0.15, 0.2) is 0 Å². The SMILES string of the molecule is CNc1cncc(C(=O)N2CCC[C@H](c3c(C(=O)N4CCN(CC(F)(F)F)CC4)cc(Br)cc3[N+](=O)[O-])C2)c1. The minimum Gasteiger partial charge on any atom is -0.387 e. The molecule has 1 aromatic carbocycles. The number of nitrogens with one attached hydrogen (secondary N) is 1. The van der Waals surface area contributed by atoms with Crippen LogP contribution in [0.2, 0.25) is 0 Å². The highest BCUT2D eigenvalue weighted by Gasteiger charge is 2.37. The zero-order valence-electron chi connectivity index (χ0n) is 21.2. The van der Waals surface area contributed by atoms with E-state index in [4.69, 9.17) is 0 Å². The van der Waals surface area contributed by atoms with Gasteiger partial charge in [0, 0.05) is 80.7 Å². The summed E-state index contributed by atoms with van der Waals surface area (Å²) in [6.07, 6.45) is -0.184. The second kappa shape index (κ2) is 11.9. The van der Waals surface area contributed by atoms with Crippen molar-refractivity contribution in [2.45, 2.75) is 24.9 Å². The lowest BCUT2D eigenvalue weighted by atomic mass is 9.85. The second-order valence-corrected chi connectivity index (χ2v) is 10.5. The maximum atomic E-state index is 13.6. The first-order valence-corrected chi connectivity index (χ1v) is 13.2. The summed E-state index contributed by atoms with van der Waals surface area (Å²) < 4.78 is 38.7. The number of amides is 2. The molecule has 2 fully saturated rings. The third kappa shape index (κ3) is 6.85. The number of anilines is 1. The number of hydrogen-bond acceptors (Lipinski definition) is 7. The van der Waals surface area contributed by atoms with E-state index in [1.807, 2.05) is 0 Å². The first-order chi connectivity index (χ1) is 18.5. The summed E-state index contributed by atoms with van der Waals surface area (Å²) >= 11 is 3.27. The van der Waals surface area contributed by atoms with E-state index in [0.717, 1.165) is 0 Å². The van der Waals surface area contributed by atoms with Gasteiger partial charge in [-0.3, -0.25) is 29.6 Å². The van der Waals surface area contributed by atoms with E-state index in [1.54, 1.807) is 24.2 Å². The van der Waals surface area contributed by atoms with Crippen molar-refractivity contribution in [3.8, 4) is 0 Å². The Morgan fingerprint density at radius 1 is 1.10 bits per heavy atom. The van der Waals surface area contributed by atoms with Crippen LogP contribution in [0.5, 0.6) is 0 Å². The highest BCUT2D eigenvalue weighted by molar-refractivity contribution is 9.10. The number of piperidine rings is 1. The molecule has 210 valence electrons. The summed E-state index contributed by atoms with van der Waals surface area (Å²) in [6.45, 7) is -0.207. The number of carbonyl (C=O) groups is 2. The number of rotatable bonds is 6. The van der Waals surface area contributed by atoms with E-state index in [2.05, 4.69) is 26.2 Å². The van der Waals surface area contributed by atoms with Crippen molar-refractivity contribution in [1.29, 1.82) is 0 Å². The number of alkyl halides is 3. The van der Waals surface area contributed by atoms with Crippen LogP contribution in [-0.2, 0) is 0 Å². The molecule has 0 aliphatic carbocycles. The minimum absolute atomic E-state index is 0.0438. The molecule has 2 aromatic rings. The molecule has 2 aliphatic heterocycles. The molecule has 39 heavy (non-hydrogen) atoms. The van der Waals surface area contributed by atoms with E-state index in [9.17, 15) is 32.9 Å². The fraction of sp³-hybridized carbons (Fsp3) is 0.480. The molecule has 1 atom stereocenters. The van der Waals surface area contributed by atoms with Crippen LogP contribution in [0.4, 0.5) is 24.5 Å². The number of aromatic nitrogens is 1. The first kappa shape index (κ1) is 28.7. The maximum Gasteiger partial charge on any atom is 0.401 e. The summed E-state index contributed by atoms with van der Waals surface area (Å²) in [5.74, 6) is -1.23. The summed E-state index contributed by atoms with van der Waals surface area (Å²) in [7, 11) is 1.71. The Labute approximate surface area is 231 Å². The Morgan fingerprint density at radius 2 is 1.82 bits per heavy atom. The van der Waals surface area contributed by atoms with E-state index in [0.29, 0.717) is 35.1 Å². The van der Waals surface area contributed by atoms with Crippen molar-refractivity contribution < 1.29 is 27.7 Å².